The SMILES string of the molecule is CCOC(=O)N1CCN(C(=O)CCc2nc(-c3ccc(-c4ccccc4)cc3)no2)CC1. The Balaban J connectivity index is 1.28. The molecule has 166 valence electrons. The lowest BCUT2D eigenvalue weighted by atomic mass is 10.0. The molecular weight excluding hydrogens is 408 g/mol. The molecular formula is C24H26N4O4. The summed E-state index contributed by atoms with van der Waals surface area (Å²) >= 11 is 0. The lowest BCUT2D eigenvalue weighted by Crippen LogP contribution is -2.50. The van der Waals surface area contributed by atoms with Crippen molar-refractivity contribution in [1.82, 2.24) is 19.9 Å². The second-order valence-electron chi connectivity index (χ2n) is 7.52. The number of hydrogen-bond donors (Lipinski definition) is 0. The van der Waals surface area contributed by atoms with Crippen molar-refractivity contribution in [3.8, 4) is 22.5 Å². The van der Waals surface area contributed by atoms with Crippen LogP contribution in [0.2, 0.25) is 0 Å². The standard InChI is InChI=1S/C24H26N4O4/c1-2-31-24(30)28-16-14-27(15-17-28)22(29)13-12-21-25-23(26-32-21)20-10-8-19(9-11-20)18-6-4-3-5-7-18/h3-11H,2,12-17H2,1H3. The number of amides is 2. The molecule has 0 aliphatic carbocycles. The molecule has 8 heteroatoms. The predicted octanol–water partition coefficient (Wildman–Crippen LogP) is 3.64. The second-order valence-corrected chi connectivity index (χ2v) is 7.52. The maximum Gasteiger partial charge on any atom is 0.409 e. The molecule has 2 aromatic carbocycles. The summed E-state index contributed by atoms with van der Waals surface area (Å²) in [7, 11) is 0. The lowest BCUT2D eigenvalue weighted by molar-refractivity contribution is -0.132. The topological polar surface area (TPSA) is 88.8 Å². The fourth-order valence-electron chi connectivity index (χ4n) is 3.64. The van der Waals surface area contributed by atoms with Crippen molar-refractivity contribution in [2.24, 2.45) is 0 Å². The molecule has 3 aromatic rings. The van der Waals surface area contributed by atoms with E-state index in [9.17, 15) is 9.59 Å². The molecule has 2 amide bonds. The summed E-state index contributed by atoms with van der Waals surface area (Å²) in [4.78, 5) is 32.1. The van der Waals surface area contributed by atoms with Crippen LogP contribution in [0.1, 0.15) is 19.2 Å². The van der Waals surface area contributed by atoms with Gasteiger partial charge in [0.1, 0.15) is 0 Å². The summed E-state index contributed by atoms with van der Waals surface area (Å²) < 4.78 is 10.4. The smallest absolute Gasteiger partial charge is 0.409 e. The number of carbonyl (C=O) groups is 2. The maximum atomic E-state index is 12.5. The van der Waals surface area contributed by atoms with Gasteiger partial charge in [-0.3, -0.25) is 4.79 Å². The molecule has 0 bridgehead atoms. The highest BCUT2D eigenvalue weighted by Gasteiger charge is 2.25. The van der Waals surface area contributed by atoms with Crippen LogP contribution in [0.5, 0.6) is 0 Å². The fraction of sp³-hybridized carbons (Fsp3) is 0.333. The number of aryl methyl sites for hydroxylation is 1. The molecule has 1 saturated heterocycles. The van der Waals surface area contributed by atoms with Gasteiger partial charge in [0.15, 0.2) is 0 Å². The van der Waals surface area contributed by atoms with Gasteiger partial charge >= 0.3 is 6.09 Å². The average molecular weight is 434 g/mol. The highest BCUT2D eigenvalue weighted by atomic mass is 16.6. The van der Waals surface area contributed by atoms with Crippen LogP contribution in [0.3, 0.4) is 0 Å². The van der Waals surface area contributed by atoms with E-state index in [1.54, 1.807) is 16.7 Å². The quantitative estimate of drug-likeness (QED) is 0.589. The minimum Gasteiger partial charge on any atom is -0.450 e. The highest BCUT2D eigenvalue weighted by molar-refractivity contribution is 5.77. The van der Waals surface area contributed by atoms with Crippen LogP contribution in [-0.2, 0) is 16.0 Å². The zero-order chi connectivity index (χ0) is 22.3. The van der Waals surface area contributed by atoms with Gasteiger partial charge in [-0.1, -0.05) is 59.8 Å². The number of aromatic nitrogens is 2. The van der Waals surface area contributed by atoms with Gasteiger partial charge in [-0.05, 0) is 18.1 Å². The van der Waals surface area contributed by atoms with Crippen LogP contribution in [0.4, 0.5) is 4.79 Å². The number of ether oxygens (including phenoxy) is 1. The number of piperazine rings is 1. The summed E-state index contributed by atoms with van der Waals surface area (Å²) in [6, 6.07) is 18.1. The van der Waals surface area contributed by atoms with E-state index in [0.29, 0.717) is 50.9 Å². The van der Waals surface area contributed by atoms with Crippen LogP contribution < -0.4 is 0 Å². The van der Waals surface area contributed by atoms with Crippen LogP contribution in [0.25, 0.3) is 22.5 Å². The first-order chi connectivity index (χ1) is 15.6. The van der Waals surface area contributed by atoms with E-state index in [0.717, 1.165) is 16.7 Å². The van der Waals surface area contributed by atoms with Gasteiger partial charge < -0.3 is 19.1 Å². The average Bonchev–Trinajstić information content (AvgIpc) is 3.32. The van der Waals surface area contributed by atoms with Crippen molar-refractivity contribution >= 4 is 12.0 Å². The zero-order valence-corrected chi connectivity index (χ0v) is 18.1. The largest absolute Gasteiger partial charge is 0.450 e. The van der Waals surface area contributed by atoms with E-state index in [-0.39, 0.29) is 18.4 Å². The number of hydrogen-bond acceptors (Lipinski definition) is 6. The minimum absolute atomic E-state index is 0.0143. The van der Waals surface area contributed by atoms with Gasteiger partial charge in [0, 0.05) is 44.6 Å². The van der Waals surface area contributed by atoms with E-state index < -0.39 is 0 Å². The monoisotopic (exact) mass is 434 g/mol. The first kappa shape index (κ1) is 21.5. The normalized spacial score (nSPS) is 13.8. The van der Waals surface area contributed by atoms with Crippen LogP contribution in [0, 0.1) is 0 Å². The summed E-state index contributed by atoms with van der Waals surface area (Å²) in [5.74, 6) is 0.959. The second kappa shape index (κ2) is 10.1. The molecule has 0 spiro atoms. The maximum absolute atomic E-state index is 12.5. The first-order valence-electron chi connectivity index (χ1n) is 10.8. The third kappa shape index (κ3) is 5.14. The Bertz CT molecular complexity index is 1040. The van der Waals surface area contributed by atoms with E-state index in [4.69, 9.17) is 9.26 Å². The van der Waals surface area contributed by atoms with Crippen LogP contribution in [-0.4, -0.2) is 64.7 Å². The first-order valence-corrected chi connectivity index (χ1v) is 10.8. The molecule has 0 saturated carbocycles. The molecule has 32 heavy (non-hydrogen) atoms. The molecule has 1 aliphatic heterocycles. The molecule has 8 nitrogen and oxygen atoms in total. The summed E-state index contributed by atoms with van der Waals surface area (Å²) in [6.07, 6.45) is 0.342. The van der Waals surface area contributed by atoms with Crippen molar-refractivity contribution in [2.45, 2.75) is 19.8 Å². The Morgan fingerprint density at radius 3 is 2.22 bits per heavy atom. The Labute approximate surface area is 186 Å². The Morgan fingerprint density at radius 2 is 1.53 bits per heavy atom. The molecule has 0 unspecified atom stereocenters. The fourth-order valence-corrected chi connectivity index (χ4v) is 3.64. The third-order valence-electron chi connectivity index (χ3n) is 5.43. The third-order valence-corrected chi connectivity index (χ3v) is 5.43. The van der Waals surface area contributed by atoms with Crippen molar-refractivity contribution in [1.29, 1.82) is 0 Å². The van der Waals surface area contributed by atoms with E-state index in [2.05, 4.69) is 22.3 Å². The summed E-state index contributed by atoms with van der Waals surface area (Å²) in [5.41, 5.74) is 3.13. The number of carbonyl (C=O) groups excluding carboxylic acids is 2. The van der Waals surface area contributed by atoms with Crippen LogP contribution in [0.15, 0.2) is 59.1 Å². The summed E-state index contributed by atoms with van der Waals surface area (Å²) in [5, 5.41) is 4.06. The van der Waals surface area contributed by atoms with Gasteiger partial charge in [0.05, 0.1) is 6.61 Å². The van der Waals surface area contributed by atoms with Crippen molar-refractivity contribution in [2.75, 3.05) is 32.8 Å². The number of nitrogens with zero attached hydrogens (tertiary/aromatic N) is 4. The van der Waals surface area contributed by atoms with Crippen LogP contribution >= 0.6 is 0 Å². The molecule has 1 aliphatic rings. The molecule has 4 rings (SSSR count). The number of benzene rings is 2. The van der Waals surface area contributed by atoms with Gasteiger partial charge in [-0.15, -0.1) is 0 Å². The zero-order valence-electron chi connectivity index (χ0n) is 18.1. The molecule has 1 fully saturated rings. The lowest BCUT2D eigenvalue weighted by Gasteiger charge is -2.34. The van der Waals surface area contributed by atoms with Gasteiger partial charge in [0.25, 0.3) is 0 Å². The predicted molar refractivity (Wildman–Crippen MR) is 119 cm³/mol. The Kier molecular flexibility index (Phi) is 6.79. The molecule has 1 aromatic heterocycles. The highest BCUT2D eigenvalue weighted by Crippen LogP contribution is 2.23. The number of rotatable bonds is 6. The van der Waals surface area contributed by atoms with E-state index in [1.165, 1.54) is 0 Å². The van der Waals surface area contributed by atoms with Gasteiger partial charge in [-0.25, -0.2) is 4.79 Å². The van der Waals surface area contributed by atoms with E-state index in [1.807, 2.05) is 42.5 Å². The van der Waals surface area contributed by atoms with E-state index >= 15 is 0 Å². The minimum atomic E-state index is -0.324. The van der Waals surface area contributed by atoms with Gasteiger partial charge in [0.2, 0.25) is 17.6 Å². The molecule has 0 radical (unpaired) electrons. The molecule has 0 N–H and O–H groups in total. The van der Waals surface area contributed by atoms with Gasteiger partial charge in [-0.2, -0.15) is 4.98 Å². The van der Waals surface area contributed by atoms with Crippen molar-refractivity contribution in [3.63, 3.8) is 0 Å². The Morgan fingerprint density at radius 1 is 0.906 bits per heavy atom. The van der Waals surface area contributed by atoms with Crippen molar-refractivity contribution in [3.05, 3.63) is 60.5 Å². The summed E-state index contributed by atoms with van der Waals surface area (Å²) in [6.45, 7) is 4.09. The molecule has 0 atom stereocenters. The van der Waals surface area contributed by atoms with Crippen molar-refractivity contribution < 1.29 is 18.8 Å². The molecule has 2 heterocycles. The Hall–Kier alpha value is -3.68.